The maximum absolute atomic E-state index is 12.0. The Morgan fingerprint density at radius 1 is 1.47 bits per heavy atom. The van der Waals surface area contributed by atoms with Gasteiger partial charge in [0, 0.05) is 7.05 Å². The van der Waals surface area contributed by atoms with E-state index in [2.05, 4.69) is 18.8 Å². The van der Waals surface area contributed by atoms with Crippen LogP contribution in [0.25, 0.3) is 0 Å². The van der Waals surface area contributed by atoms with Gasteiger partial charge in [-0.05, 0) is 30.4 Å². The Morgan fingerprint density at radius 3 is 2.65 bits per heavy atom. The van der Waals surface area contributed by atoms with E-state index < -0.39 is 4.75 Å². The van der Waals surface area contributed by atoms with Crippen molar-refractivity contribution in [2.75, 3.05) is 11.9 Å². The Labute approximate surface area is 110 Å². The molecule has 92 valence electrons. The molecular formula is C12H16N2OS2. The number of amides is 1. The molecule has 0 aromatic carbocycles. The number of carbonyl (C=O) groups excluding carboxylic acids is 1. The van der Waals surface area contributed by atoms with Crippen molar-refractivity contribution in [1.82, 2.24) is 0 Å². The topological polar surface area (TPSA) is 32.7 Å². The van der Waals surface area contributed by atoms with Crippen LogP contribution >= 0.6 is 23.1 Å². The number of thioether (sulfide) groups is 1. The van der Waals surface area contributed by atoms with Gasteiger partial charge in [0.2, 0.25) is 0 Å². The van der Waals surface area contributed by atoms with Gasteiger partial charge in [0.15, 0.2) is 5.17 Å². The standard InChI is InChI=1S/C12H16N2OS2/c1-8(2)12(3)10(15)13-11(17-12)14(4)9-6-5-7-16-9/h5-8H,1-4H3. The van der Waals surface area contributed by atoms with Crippen molar-refractivity contribution in [3.05, 3.63) is 17.5 Å². The molecule has 0 aliphatic carbocycles. The van der Waals surface area contributed by atoms with Crippen LogP contribution in [0.15, 0.2) is 22.5 Å². The molecule has 1 atom stereocenters. The molecule has 0 N–H and O–H groups in total. The van der Waals surface area contributed by atoms with Crippen molar-refractivity contribution in [2.24, 2.45) is 10.9 Å². The summed E-state index contributed by atoms with van der Waals surface area (Å²) in [6, 6.07) is 4.03. The Bertz CT molecular complexity index is 453. The van der Waals surface area contributed by atoms with Crippen LogP contribution in [0, 0.1) is 5.92 Å². The zero-order valence-corrected chi connectivity index (χ0v) is 12.1. The summed E-state index contributed by atoms with van der Waals surface area (Å²) < 4.78 is -0.416. The fourth-order valence-electron chi connectivity index (χ4n) is 1.52. The molecule has 17 heavy (non-hydrogen) atoms. The van der Waals surface area contributed by atoms with Crippen LogP contribution < -0.4 is 4.90 Å². The maximum atomic E-state index is 12.0. The van der Waals surface area contributed by atoms with Gasteiger partial charge < -0.3 is 4.90 Å². The molecule has 1 unspecified atom stereocenters. The second-order valence-corrected chi connectivity index (χ2v) is 6.92. The van der Waals surface area contributed by atoms with Crippen LogP contribution in [0.2, 0.25) is 0 Å². The fourth-order valence-corrected chi connectivity index (χ4v) is 3.39. The second kappa shape index (κ2) is 4.46. The molecule has 1 aliphatic rings. The molecule has 0 bridgehead atoms. The smallest absolute Gasteiger partial charge is 0.264 e. The van der Waals surface area contributed by atoms with Crippen molar-refractivity contribution < 1.29 is 4.79 Å². The minimum Gasteiger partial charge on any atom is -0.315 e. The molecule has 1 aliphatic heterocycles. The van der Waals surface area contributed by atoms with Crippen LogP contribution in [0.3, 0.4) is 0 Å². The van der Waals surface area contributed by atoms with Gasteiger partial charge in [0.25, 0.3) is 5.91 Å². The zero-order chi connectivity index (χ0) is 12.6. The third-order valence-corrected chi connectivity index (χ3v) is 5.71. The molecule has 2 rings (SSSR count). The number of hydrogen-bond acceptors (Lipinski definition) is 4. The number of nitrogens with zero attached hydrogens (tertiary/aromatic N) is 2. The number of rotatable bonds is 2. The zero-order valence-electron chi connectivity index (χ0n) is 10.4. The van der Waals surface area contributed by atoms with Crippen LogP contribution in [-0.4, -0.2) is 22.9 Å². The first-order valence-corrected chi connectivity index (χ1v) is 7.24. The highest BCUT2D eigenvalue weighted by atomic mass is 32.2. The van der Waals surface area contributed by atoms with Gasteiger partial charge in [0.05, 0.1) is 5.00 Å². The summed E-state index contributed by atoms with van der Waals surface area (Å²) in [6.07, 6.45) is 0. The molecular weight excluding hydrogens is 252 g/mol. The lowest BCUT2D eigenvalue weighted by Gasteiger charge is -2.25. The summed E-state index contributed by atoms with van der Waals surface area (Å²) in [6.45, 7) is 6.10. The number of aliphatic imine (C=N–C) groups is 1. The van der Waals surface area contributed by atoms with Crippen molar-refractivity contribution in [1.29, 1.82) is 0 Å². The van der Waals surface area contributed by atoms with Crippen LogP contribution in [-0.2, 0) is 4.79 Å². The molecule has 0 radical (unpaired) electrons. The van der Waals surface area contributed by atoms with Gasteiger partial charge in [-0.25, -0.2) is 0 Å². The first-order chi connectivity index (χ1) is 7.95. The van der Waals surface area contributed by atoms with Gasteiger partial charge in [-0.15, -0.1) is 11.3 Å². The number of carbonyl (C=O) groups is 1. The van der Waals surface area contributed by atoms with Crippen molar-refractivity contribution in [2.45, 2.75) is 25.5 Å². The Balaban J connectivity index is 2.21. The molecule has 0 spiro atoms. The molecule has 0 saturated heterocycles. The predicted octanol–water partition coefficient (Wildman–Crippen LogP) is 3.23. The van der Waals surface area contributed by atoms with Crippen molar-refractivity contribution >= 4 is 39.2 Å². The summed E-state index contributed by atoms with van der Waals surface area (Å²) >= 11 is 3.22. The lowest BCUT2D eigenvalue weighted by molar-refractivity contribution is -0.120. The summed E-state index contributed by atoms with van der Waals surface area (Å²) in [4.78, 5) is 18.2. The number of hydrogen-bond donors (Lipinski definition) is 0. The van der Waals surface area contributed by atoms with E-state index in [1.807, 2.05) is 36.4 Å². The minimum absolute atomic E-state index is 0.0177. The molecule has 2 heterocycles. The molecule has 3 nitrogen and oxygen atoms in total. The van der Waals surface area contributed by atoms with E-state index in [-0.39, 0.29) is 11.8 Å². The fraction of sp³-hybridized carbons (Fsp3) is 0.500. The average Bonchev–Trinajstić information content (AvgIpc) is 2.87. The Kier molecular flexibility index (Phi) is 3.32. The quantitative estimate of drug-likeness (QED) is 0.825. The van der Waals surface area contributed by atoms with E-state index in [1.165, 1.54) is 0 Å². The monoisotopic (exact) mass is 268 g/mol. The minimum atomic E-state index is -0.416. The lowest BCUT2D eigenvalue weighted by Crippen LogP contribution is -2.34. The van der Waals surface area contributed by atoms with Crippen LogP contribution in [0.1, 0.15) is 20.8 Å². The summed E-state index contributed by atoms with van der Waals surface area (Å²) in [7, 11) is 1.96. The number of amidine groups is 1. The van der Waals surface area contributed by atoms with Crippen molar-refractivity contribution in [3.63, 3.8) is 0 Å². The maximum Gasteiger partial charge on any atom is 0.264 e. The molecule has 0 saturated carbocycles. The normalized spacial score (nSPS) is 24.3. The number of anilines is 1. The number of thiophene rings is 1. The first-order valence-electron chi connectivity index (χ1n) is 5.54. The Hall–Kier alpha value is -0.810. The van der Waals surface area contributed by atoms with E-state index in [1.54, 1.807) is 23.1 Å². The van der Waals surface area contributed by atoms with Crippen LogP contribution in [0.5, 0.6) is 0 Å². The van der Waals surface area contributed by atoms with Crippen molar-refractivity contribution in [3.8, 4) is 0 Å². The SMILES string of the molecule is CC(C)C1(C)SC(N(C)c2cccs2)=NC1=O. The third-order valence-electron chi connectivity index (χ3n) is 3.15. The predicted molar refractivity (Wildman–Crippen MR) is 76.0 cm³/mol. The highest BCUT2D eigenvalue weighted by Crippen LogP contribution is 2.41. The van der Waals surface area contributed by atoms with E-state index in [4.69, 9.17) is 0 Å². The molecule has 5 heteroatoms. The van der Waals surface area contributed by atoms with Gasteiger partial charge in [-0.3, -0.25) is 4.79 Å². The third kappa shape index (κ3) is 2.13. The van der Waals surface area contributed by atoms with Gasteiger partial charge in [-0.2, -0.15) is 4.99 Å². The largest absolute Gasteiger partial charge is 0.315 e. The van der Waals surface area contributed by atoms with E-state index in [9.17, 15) is 4.79 Å². The second-order valence-electron chi connectivity index (χ2n) is 4.57. The molecule has 0 fully saturated rings. The van der Waals surface area contributed by atoms with E-state index in [0.29, 0.717) is 0 Å². The Morgan fingerprint density at radius 2 is 2.18 bits per heavy atom. The molecule has 1 aromatic rings. The van der Waals surface area contributed by atoms with Gasteiger partial charge in [-0.1, -0.05) is 25.6 Å². The van der Waals surface area contributed by atoms with Gasteiger partial charge >= 0.3 is 0 Å². The summed E-state index contributed by atoms with van der Waals surface area (Å²) in [5.41, 5.74) is 0. The highest BCUT2D eigenvalue weighted by molar-refractivity contribution is 8.16. The molecule has 1 amide bonds. The first kappa shape index (κ1) is 12.6. The summed E-state index contributed by atoms with van der Waals surface area (Å²) in [5, 5.41) is 3.93. The van der Waals surface area contributed by atoms with Gasteiger partial charge in [0.1, 0.15) is 4.75 Å². The van der Waals surface area contributed by atoms with Crippen LogP contribution in [0.4, 0.5) is 5.00 Å². The van der Waals surface area contributed by atoms with E-state index in [0.717, 1.165) is 10.2 Å². The summed E-state index contributed by atoms with van der Waals surface area (Å²) in [5.74, 6) is 0.258. The van der Waals surface area contributed by atoms with E-state index >= 15 is 0 Å². The lowest BCUT2D eigenvalue weighted by atomic mass is 9.96. The average molecular weight is 268 g/mol. The highest BCUT2D eigenvalue weighted by Gasteiger charge is 2.44. The molecule has 1 aromatic heterocycles.